The van der Waals surface area contributed by atoms with Gasteiger partial charge in [0, 0.05) is 13.0 Å². The highest BCUT2D eigenvalue weighted by molar-refractivity contribution is 5.70. The van der Waals surface area contributed by atoms with Crippen molar-refractivity contribution in [2.45, 2.75) is 76.9 Å². The number of aliphatic hydroxyl groups is 1. The van der Waals surface area contributed by atoms with Crippen LogP contribution in [0.4, 0.5) is 4.79 Å². The van der Waals surface area contributed by atoms with E-state index in [1.165, 1.54) is 0 Å². The molecule has 0 radical (unpaired) electrons. The quantitative estimate of drug-likeness (QED) is 0.396. The molecular weight excluding hydrogens is 310 g/mol. The molecule has 2 N–H and O–H groups in total. The van der Waals surface area contributed by atoms with E-state index >= 15 is 0 Å². The number of hydrogen-bond acceptors (Lipinski definition) is 4. The number of carbonyl (C=O) groups is 2. The molecule has 0 aliphatic carbocycles. The average molecular weight is 341 g/mol. The molecule has 0 bridgehead atoms. The molecule has 0 aromatic heterocycles. The fourth-order valence-corrected chi connectivity index (χ4v) is 2.75. The van der Waals surface area contributed by atoms with Gasteiger partial charge in [-0.1, -0.05) is 51.2 Å². The van der Waals surface area contributed by atoms with Crippen molar-refractivity contribution in [3.63, 3.8) is 0 Å². The van der Waals surface area contributed by atoms with Gasteiger partial charge in [-0.15, -0.1) is 0 Å². The van der Waals surface area contributed by atoms with E-state index in [1.54, 1.807) is 11.0 Å². The normalized spacial score (nSPS) is 19.0. The van der Waals surface area contributed by atoms with Gasteiger partial charge in [-0.25, -0.2) is 4.79 Å². The van der Waals surface area contributed by atoms with Crippen LogP contribution < -0.4 is 0 Å². The van der Waals surface area contributed by atoms with Crippen molar-refractivity contribution in [2.75, 3.05) is 13.2 Å². The maximum Gasteiger partial charge on any atom is 0.410 e. The Morgan fingerprint density at radius 1 is 1.29 bits per heavy atom. The first-order valence-electron chi connectivity index (χ1n) is 9.06. The first kappa shape index (κ1) is 20.5. The molecule has 1 fully saturated rings. The zero-order valence-corrected chi connectivity index (χ0v) is 14.7. The number of rotatable bonds is 13. The number of aliphatic hydroxyl groups excluding tert-OH is 1. The molecule has 1 aliphatic rings. The predicted octanol–water partition coefficient (Wildman–Crippen LogP) is 3.34. The summed E-state index contributed by atoms with van der Waals surface area (Å²) in [4.78, 5) is 23.9. The molecule has 1 amide bonds. The number of unbranched alkanes of at least 4 members (excludes halogenated alkanes) is 5. The summed E-state index contributed by atoms with van der Waals surface area (Å²) in [6, 6.07) is -0.114. The molecule has 1 aliphatic heterocycles. The fourth-order valence-electron chi connectivity index (χ4n) is 2.75. The first-order chi connectivity index (χ1) is 11.5. The van der Waals surface area contributed by atoms with Crippen LogP contribution in [0.25, 0.3) is 0 Å². The molecule has 2 unspecified atom stereocenters. The van der Waals surface area contributed by atoms with Crippen molar-refractivity contribution in [3.8, 4) is 0 Å². The van der Waals surface area contributed by atoms with Crippen LogP contribution in [-0.2, 0) is 9.53 Å². The van der Waals surface area contributed by atoms with Crippen molar-refractivity contribution in [3.05, 3.63) is 12.2 Å². The van der Waals surface area contributed by atoms with Gasteiger partial charge in [-0.05, 0) is 19.3 Å². The number of ether oxygens (including phenoxy) is 1. The topological polar surface area (TPSA) is 87.1 Å². The van der Waals surface area contributed by atoms with E-state index in [-0.39, 0.29) is 18.6 Å². The fraction of sp³-hybridized carbons (Fsp3) is 0.778. The van der Waals surface area contributed by atoms with Crippen LogP contribution in [0.1, 0.15) is 64.7 Å². The zero-order chi connectivity index (χ0) is 17.8. The van der Waals surface area contributed by atoms with Crippen molar-refractivity contribution < 1.29 is 24.5 Å². The monoisotopic (exact) mass is 341 g/mol. The number of carboxylic acid groups (broad SMARTS) is 1. The minimum absolute atomic E-state index is 0.114. The summed E-state index contributed by atoms with van der Waals surface area (Å²) < 4.78 is 5.09. The Kier molecular flexibility index (Phi) is 10.2. The second-order valence-electron chi connectivity index (χ2n) is 6.34. The summed E-state index contributed by atoms with van der Waals surface area (Å²) in [7, 11) is 0. The first-order valence-corrected chi connectivity index (χ1v) is 9.06. The van der Waals surface area contributed by atoms with Gasteiger partial charge >= 0.3 is 12.1 Å². The SMILES string of the molecule is CCCCCC(O)C=CC1COC(=O)N1CCCCCCC(=O)O. The number of hydrogen-bond donors (Lipinski definition) is 2. The Bertz CT molecular complexity index is 410. The molecule has 0 aromatic rings. The van der Waals surface area contributed by atoms with Crippen LogP contribution in [0, 0.1) is 0 Å². The number of nitrogens with zero attached hydrogens (tertiary/aromatic N) is 1. The molecule has 1 rings (SSSR count). The van der Waals surface area contributed by atoms with Crippen molar-refractivity contribution in [1.82, 2.24) is 4.90 Å². The van der Waals surface area contributed by atoms with Gasteiger partial charge in [-0.2, -0.15) is 0 Å². The third-order valence-corrected chi connectivity index (χ3v) is 4.21. The minimum Gasteiger partial charge on any atom is -0.481 e. The van der Waals surface area contributed by atoms with Crippen LogP contribution in [0.15, 0.2) is 12.2 Å². The number of amides is 1. The highest BCUT2D eigenvalue weighted by Crippen LogP contribution is 2.16. The molecule has 0 spiro atoms. The van der Waals surface area contributed by atoms with Crippen molar-refractivity contribution in [1.29, 1.82) is 0 Å². The summed E-state index contributed by atoms with van der Waals surface area (Å²) in [6.07, 6.45) is 10.3. The van der Waals surface area contributed by atoms with E-state index in [0.717, 1.165) is 44.9 Å². The lowest BCUT2D eigenvalue weighted by Crippen LogP contribution is -2.33. The molecule has 6 nitrogen and oxygen atoms in total. The summed E-state index contributed by atoms with van der Waals surface area (Å²) in [5.41, 5.74) is 0. The summed E-state index contributed by atoms with van der Waals surface area (Å²) in [5, 5.41) is 18.5. The van der Waals surface area contributed by atoms with Gasteiger partial charge in [0.2, 0.25) is 0 Å². The van der Waals surface area contributed by atoms with Crippen LogP contribution >= 0.6 is 0 Å². The Hall–Kier alpha value is -1.56. The molecule has 138 valence electrons. The van der Waals surface area contributed by atoms with E-state index in [0.29, 0.717) is 19.6 Å². The number of carbonyl (C=O) groups excluding carboxylic acids is 1. The number of carboxylic acids is 1. The van der Waals surface area contributed by atoms with Gasteiger partial charge in [-0.3, -0.25) is 9.69 Å². The Balaban J connectivity index is 2.28. The second kappa shape index (κ2) is 11.9. The summed E-state index contributed by atoms with van der Waals surface area (Å²) >= 11 is 0. The molecular formula is C18H31NO5. The maximum absolute atomic E-state index is 11.8. The Labute approximate surface area is 144 Å². The molecule has 6 heteroatoms. The van der Waals surface area contributed by atoms with Gasteiger partial charge < -0.3 is 14.9 Å². The molecule has 24 heavy (non-hydrogen) atoms. The highest BCUT2D eigenvalue weighted by Gasteiger charge is 2.30. The van der Waals surface area contributed by atoms with Crippen LogP contribution in [-0.4, -0.2) is 52.5 Å². The molecule has 2 atom stereocenters. The van der Waals surface area contributed by atoms with E-state index in [2.05, 4.69) is 6.92 Å². The van der Waals surface area contributed by atoms with Crippen molar-refractivity contribution in [2.24, 2.45) is 0 Å². The maximum atomic E-state index is 11.8. The third-order valence-electron chi connectivity index (χ3n) is 4.21. The van der Waals surface area contributed by atoms with Crippen LogP contribution in [0.5, 0.6) is 0 Å². The van der Waals surface area contributed by atoms with Crippen molar-refractivity contribution >= 4 is 12.1 Å². The smallest absolute Gasteiger partial charge is 0.410 e. The minimum atomic E-state index is -0.763. The Morgan fingerprint density at radius 3 is 2.75 bits per heavy atom. The third kappa shape index (κ3) is 8.34. The molecule has 0 aromatic carbocycles. The summed E-state index contributed by atoms with van der Waals surface area (Å²) in [6.45, 7) is 3.06. The number of cyclic esters (lactones) is 1. The molecule has 1 heterocycles. The largest absolute Gasteiger partial charge is 0.481 e. The van der Waals surface area contributed by atoms with Crippen LogP contribution in [0.2, 0.25) is 0 Å². The Morgan fingerprint density at radius 2 is 2.04 bits per heavy atom. The highest BCUT2D eigenvalue weighted by atomic mass is 16.6. The zero-order valence-electron chi connectivity index (χ0n) is 14.7. The van der Waals surface area contributed by atoms with E-state index < -0.39 is 12.1 Å². The standard InChI is InChI=1S/C18H31NO5/c1-2-3-6-9-16(20)12-11-15-14-24-18(23)19(15)13-8-5-4-7-10-17(21)22/h11-12,15-16,20H,2-10,13-14H2,1H3,(H,21,22). The van der Waals surface area contributed by atoms with Crippen LogP contribution in [0.3, 0.4) is 0 Å². The van der Waals surface area contributed by atoms with Gasteiger partial charge in [0.1, 0.15) is 6.61 Å². The van der Waals surface area contributed by atoms with E-state index in [1.807, 2.05) is 6.08 Å². The van der Waals surface area contributed by atoms with Gasteiger partial charge in [0.05, 0.1) is 12.1 Å². The lowest BCUT2D eigenvalue weighted by atomic mass is 10.1. The second-order valence-corrected chi connectivity index (χ2v) is 6.34. The molecule has 1 saturated heterocycles. The molecule has 0 saturated carbocycles. The lowest BCUT2D eigenvalue weighted by Gasteiger charge is -2.19. The predicted molar refractivity (Wildman–Crippen MR) is 91.9 cm³/mol. The lowest BCUT2D eigenvalue weighted by molar-refractivity contribution is -0.137. The van der Waals surface area contributed by atoms with E-state index in [9.17, 15) is 14.7 Å². The summed E-state index contributed by atoms with van der Waals surface area (Å²) in [5.74, 6) is -0.763. The van der Waals surface area contributed by atoms with Gasteiger partial charge in [0.25, 0.3) is 0 Å². The number of aliphatic carboxylic acids is 1. The van der Waals surface area contributed by atoms with Gasteiger partial charge in [0.15, 0.2) is 0 Å². The average Bonchev–Trinajstić information content (AvgIpc) is 2.89. The van der Waals surface area contributed by atoms with E-state index in [4.69, 9.17) is 9.84 Å².